The van der Waals surface area contributed by atoms with E-state index >= 15 is 0 Å². The smallest absolute Gasteiger partial charge is 0.223 e. The second-order valence-electron chi connectivity index (χ2n) is 3.16. The van der Waals surface area contributed by atoms with Crippen molar-refractivity contribution < 1.29 is 9.53 Å². The summed E-state index contributed by atoms with van der Waals surface area (Å²) in [5.74, 6) is 0.0767. The van der Waals surface area contributed by atoms with Crippen LogP contribution in [0.1, 0.15) is 26.2 Å². The highest BCUT2D eigenvalue weighted by Crippen LogP contribution is 2.01. The Morgan fingerprint density at radius 2 is 2.54 bits per heavy atom. The van der Waals surface area contributed by atoms with E-state index in [4.69, 9.17) is 4.74 Å². The summed E-state index contributed by atoms with van der Waals surface area (Å²) in [5.41, 5.74) is 0. The molecular formula is C9H18N2O2. The molecule has 2 N–H and O–H groups in total. The van der Waals surface area contributed by atoms with Gasteiger partial charge < -0.3 is 10.1 Å². The van der Waals surface area contributed by atoms with E-state index < -0.39 is 0 Å². The van der Waals surface area contributed by atoms with Gasteiger partial charge in [0.2, 0.25) is 5.91 Å². The molecule has 1 aliphatic heterocycles. The molecule has 0 spiro atoms. The van der Waals surface area contributed by atoms with E-state index in [0.717, 1.165) is 19.4 Å². The van der Waals surface area contributed by atoms with Gasteiger partial charge in [0, 0.05) is 6.61 Å². The summed E-state index contributed by atoms with van der Waals surface area (Å²) in [6, 6.07) is 0. The van der Waals surface area contributed by atoms with Crippen molar-refractivity contribution in [1.82, 2.24) is 10.6 Å². The van der Waals surface area contributed by atoms with Gasteiger partial charge in [-0.3, -0.25) is 10.1 Å². The molecule has 1 aliphatic rings. The standard InChI is InChI=1S/C9H18N2O2/c1-2-13-7-5-9(12)11-8-4-3-6-10-8/h8,10H,2-7H2,1H3,(H,11,12). The number of rotatable bonds is 5. The third-order valence-electron chi connectivity index (χ3n) is 2.07. The molecule has 1 unspecified atom stereocenters. The monoisotopic (exact) mass is 186 g/mol. The van der Waals surface area contributed by atoms with Crippen LogP contribution in [-0.4, -0.2) is 31.8 Å². The molecule has 1 saturated heterocycles. The lowest BCUT2D eigenvalue weighted by atomic mass is 10.3. The number of nitrogens with one attached hydrogen (secondary N) is 2. The van der Waals surface area contributed by atoms with Gasteiger partial charge in [-0.15, -0.1) is 0 Å². The summed E-state index contributed by atoms with van der Waals surface area (Å²) in [5, 5.41) is 6.11. The molecule has 1 heterocycles. The van der Waals surface area contributed by atoms with Crippen LogP contribution in [0.15, 0.2) is 0 Å². The van der Waals surface area contributed by atoms with Crippen molar-refractivity contribution >= 4 is 5.91 Å². The van der Waals surface area contributed by atoms with Gasteiger partial charge in [0.05, 0.1) is 19.2 Å². The summed E-state index contributed by atoms with van der Waals surface area (Å²) in [6.45, 7) is 4.14. The van der Waals surface area contributed by atoms with Crippen LogP contribution in [0.3, 0.4) is 0 Å². The zero-order valence-corrected chi connectivity index (χ0v) is 8.14. The van der Waals surface area contributed by atoms with E-state index in [1.54, 1.807) is 0 Å². The minimum atomic E-state index is 0.0767. The number of carbonyl (C=O) groups excluding carboxylic acids is 1. The predicted molar refractivity (Wildman–Crippen MR) is 50.3 cm³/mol. The lowest BCUT2D eigenvalue weighted by molar-refractivity contribution is -0.122. The molecule has 4 heteroatoms. The van der Waals surface area contributed by atoms with Gasteiger partial charge in [-0.2, -0.15) is 0 Å². The average Bonchev–Trinajstić information content (AvgIpc) is 2.57. The Morgan fingerprint density at radius 3 is 3.15 bits per heavy atom. The van der Waals surface area contributed by atoms with Gasteiger partial charge in [0.15, 0.2) is 0 Å². The number of amides is 1. The van der Waals surface area contributed by atoms with E-state index in [-0.39, 0.29) is 12.1 Å². The first kappa shape index (κ1) is 10.5. The normalized spacial score (nSPS) is 21.8. The zero-order valence-electron chi connectivity index (χ0n) is 8.14. The summed E-state index contributed by atoms with van der Waals surface area (Å²) in [6.07, 6.45) is 2.84. The lowest BCUT2D eigenvalue weighted by Crippen LogP contribution is -2.41. The van der Waals surface area contributed by atoms with E-state index in [0.29, 0.717) is 19.6 Å². The highest BCUT2D eigenvalue weighted by molar-refractivity contribution is 5.76. The quantitative estimate of drug-likeness (QED) is 0.605. The van der Waals surface area contributed by atoms with E-state index in [9.17, 15) is 4.79 Å². The van der Waals surface area contributed by atoms with Crippen LogP contribution < -0.4 is 10.6 Å². The molecule has 1 atom stereocenters. The third kappa shape index (κ3) is 4.24. The number of ether oxygens (including phenoxy) is 1. The van der Waals surface area contributed by atoms with Gasteiger partial charge in [-0.25, -0.2) is 0 Å². The van der Waals surface area contributed by atoms with Gasteiger partial charge in [0.1, 0.15) is 0 Å². The summed E-state index contributed by atoms with van der Waals surface area (Å²) in [4.78, 5) is 11.2. The average molecular weight is 186 g/mol. The van der Waals surface area contributed by atoms with E-state index in [1.807, 2.05) is 6.92 Å². The molecule has 0 aromatic heterocycles. The molecule has 4 nitrogen and oxygen atoms in total. The Hall–Kier alpha value is -0.610. The van der Waals surface area contributed by atoms with Crippen molar-refractivity contribution in [3.05, 3.63) is 0 Å². The molecule has 0 bridgehead atoms. The van der Waals surface area contributed by atoms with Gasteiger partial charge in [-0.1, -0.05) is 0 Å². The lowest BCUT2D eigenvalue weighted by Gasteiger charge is -2.12. The first-order chi connectivity index (χ1) is 6.33. The van der Waals surface area contributed by atoms with Crippen molar-refractivity contribution in [2.45, 2.75) is 32.4 Å². The Balaban J connectivity index is 2.02. The molecular weight excluding hydrogens is 168 g/mol. The zero-order chi connectivity index (χ0) is 9.52. The molecule has 0 aliphatic carbocycles. The number of carbonyl (C=O) groups is 1. The van der Waals surface area contributed by atoms with Crippen LogP contribution in [-0.2, 0) is 9.53 Å². The molecule has 0 radical (unpaired) electrons. The Labute approximate surface area is 79.0 Å². The Bertz CT molecular complexity index is 156. The van der Waals surface area contributed by atoms with Crippen molar-refractivity contribution in [2.75, 3.05) is 19.8 Å². The molecule has 1 amide bonds. The summed E-state index contributed by atoms with van der Waals surface area (Å²) in [7, 11) is 0. The minimum Gasteiger partial charge on any atom is -0.381 e. The largest absolute Gasteiger partial charge is 0.381 e. The number of hydrogen-bond acceptors (Lipinski definition) is 3. The van der Waals surface area contributed by atoms with E-state index in [1.165, 1.54) is 0 Å². The van der Waals surface area contributed by atoms with Crippen molar-refractivity contribution in [3.8, 4) is 0 Å². The molecule has 1 rings (SSSR count). The topological polar surface area (TPSA) is 50.4 Å². The minimum absolute atomic E-state index is 0.0767. The Morgan fingerprint density at radius 1 is 1.69 bits per heavy atom. The van der Waals surface area contributed by atoms with Crippen LogP contribution in [0, 0.1) is 0 Å². The van der Waals surface area contributed by atoms with Crippen LogP contribution >= 0.6 is 0 Å². The van der Waals surface area contributed by atoms with Gasteiger partial charge >= 0.3 is 0 Å². The molecule has 1 fully saturated rings. The third-order valence-corrected chi connectivity index (χ3v) is 2.07. The molecule has 0 aromatic carbocycles. The van der Waals surface area contributed by atoms with Crippen molar-refractivity contribution in [3.63, 3.8) is 0 Å². The van der Waals surface area contributed by atoms with Crippen molar-refractivity contribution in [2.24, 2.45) is 0 Å². The molecule has 0 aromatic rings. The summed E-state index contributed by atoms with van der Waals surface area (Å²) >= 11 is 0. The molecule has 13 heavy (non-hydrogen) atoms. The number of hydrogen-bond donors (Lipinski definition) is 2. The maximum Gasteiger partial charge on any atom is 0.223 e. The highest BCUT2D eigenvalue weighted by atomic mass is 16.5. The second kappa shape index (κ2) is 5.94. The van der Waals surface area contributed by atoms with E-state index in [2.05, 4.69) is 10.6 Å². The van der Waals surface area contributed by atoms with Gasteiger partial charge in [0.25, 0.3) is 0 Å². The van der Waals surface area contributed by atoms with Crippen LogP contribution in [0.5, 0.6) is 0 Å². The van der Waals surface area contributed by atoms with Crippen LogP contribution in [0.4, 0.5) is 0 Å². The predicted octanol–water partition coefficient (Wildman–Crippen LogP) is 0.239. The first-order valence-corrected chi connectivity index (χ1v) is 4.93. The highest BCUT2D eigenvalue weighted by Gasteiger charge is 2.15. The van der Waals surface area contributed by atoms with Crippen molar-refractivity contribution in [1.29, 1.82) is 0 Å². The Kier molecular flexibility index (Phi) is 4.78. The fourth-order valence-corrected chi connectivity index (χ4v) is 1.38. The van der Waals surface area contributed by atoms with Gasteiger partial charge in [-0.05, 0) is 26.3 Å². The fraction of sp³-hybridized carbons (Fsp3) is 0.889. The van der Waals surface area contributed by atoms with Crippen LogP contribution in [0.25, 0.3) is 0 Å². The molecule has 76 valence electrons. The summed E-state index contributed by atoms with van der Waals surface area (Å²) < 4.78 is 5.09. The molecule has 0 saturated carbocycles. The fourth-order valence-electron chi connectivity index (χ4n) is 1.38. The first-order valence-electron chi connectivity index (χ1n) is 4.93. The maximum atomic E-state index is 11.2. The second-order valence-corrected chi connectivity index (χ2v) is 3.16. The maximum absolute atomic E-state index is 11.2. The SMILES string of the molecule is CCOCCC(=O)NC1CCCN1. The van der Waals surface area contributed by atoms with Crippen LogP contribution in [0.2, 0.25) is 0 Å².